The second-order valence-electron chi connectivity index (χ2n) is 3.61. The molecule has 2 nitrogen and oxygen atoms in total. The molecule has 0 aromatic heterocycles. The summed E-state index contributed by atoms with van der Waals surface area (Å²) in [6, 6.07) is 3.30. The number of nitrogens with one attached hydrogen (secondary N) is 1. The average Bonchev–Trinajstić information content (AvgIpc) is 2.28. The van der Waals surface area contributed by atoms with E-state index < -0.39 is 5.82 Å². The zero-order chi connectivity index (χ0) is 12.8. The second-order valence-corrected chi connectivity index (χ2v) is 4.01. The van der Waals surface area contributed by atoms with Crippen molar-refractivity contribution in [3.8, 4) is 12.3 Å². The Morgan fingerprint density at radius 1 is 1.65 bits per heavy atom. The number of carbonyl (C=O) groups is 1. The molecule has 0 heterocycles. The van der Waals surface area contributed by atoms with Crippen molar-refractivity contribution in [1.82, 2.24) is 5.32 Å². The number of hydrogen-bond acceptors (Lipinski definition) is 1. The molecule has 1 rings (SSSR count). The average molecular weight is 254 g/mol. The van der Waals surface area contributed by atoms with Crippen LogP contribution in [0.1, 0.15) is 30.1 Å². The quantitative estimate of drug-likeness (QED) is 0.821. The summed E-state index contributed by atoms with van der Waals surface area (Å²) in [5.41, 5.74) is 0.226. The molecule has 1 N–H and O–H groups in total. The molecule has 0 saturated heterocycles. The molecular weight excluding hydrogens is 241 g/mol. The number of benzene rings is 1. The predicted molar refractivity (Wildman–Crippen MR) is 66.4 cm³/mol. The van der Waals surface area contributed by atoms with E-state index in [1.165, 1.54) is 12.1 Å². The van der Waals surface area contributed by atoms with Gasteiger partial charge in [0.15, 0.2) is 0 Å². The summed E-state index contributed by atoms with van der Waals surface area (Å²) in [7, 11) is 0. The fraction of sp³-hybridized carbons (Fsp3) is 0.308. The monoisotopic (exact) mass is 253 g/mol. The van der Waals surface area contributed by atoms with Crippen molar-refractivity contribution < 1.29 is 9.18 Å². The van der Waals surface area contributed by atoms with Crippen LogP contribution in [0.4, 0.5) is 4.39 Å². The molecule has 0 saturated carbocycles. The predicted octanol–water partition coefficient (Wildman–Crippen LogP) is 3.01. The summed E-state index contributed by atoms with van der Waals surface area (Å²) in [4.78, 5) is 11.8. The van der Waals surface area contributed by atoms with E-state index in [1.54, 1.807) is 0 Å². The highest BCUT2D eigenvalue weighted by Gasteiger charge is 2.14. The van der Waals surface area contributed by atoms with E-state index >= 15 is 0 Å². The number of terminal acetylenes is 1. The Morgan fingerprint density at radius 3 is 2.88 bits per heavy atom. The van der Waals surface area contributed by atoms with Crippen LogP contribution in [0.3, 0.4) is 0 Å². The van der Waals surface area contributed by atoms with Gasteiger partial charge in [-0.3, -0.25) is 4.79 Å². The fourth-order valence-electron chi connectivity index (χ4n) is 1.40. The SMILES string of the molecule is C#CC(CCC)NC(=O)c1ccc(F)cc1Cl. The molecule has 4 heteroatoms. The first-order chi connectivity index (χ1) is 8.08. The highest BCUT2D eigenvalue weighted by molar-refractivity contribution is 6.33. The number of hydrogen-bond donors (Lipinski definition) is 1. The van der Waals surface area contributed by atoms with E-state index in [-0.39, 0.29) is 22.5 Å². The standard InChI is InChI=1S/C13H13ClFNO/c1-3-5-10(4-2)16-13(17)11-7-6-9(15)8-12(11)14/h2,6-8,10H,3,5H2,1H3,(H,16,17). The van der Waals surface area contributed by atoms with Crippen molar-refractivity contribution in [1.29, 1.82) is 0 Å². The van der Waals surface area contributed by atoms with Crippen LogP contribution in [-0.2, 0) is 0 Å². The summed E-state index contributed by atoms with van der Waals surface area (Å²) in [6.45, 7) is 1.97. The van der Waals surface area contributed by atoms with Crippen LogP contribution in [0.15, 0.2) is 18.2 Å². The van der Waals surface area contributed by atoms with Gasteiger partial charge in [-0.2, -0.15) is 0 Å². The normalized spacial score (nSPS) is 11.6. The highest BCUT2D eigenvalue weighted by atomic mass is 35.5. The molecule has 1 aromatic carbocycles. The maximum atomic E-state index is 12.8. The van der Waals surface area contributed by atoms with Crippen LogP contribution in [0.25, 0.3) is 0 Å². The summed E-state index contributed by atoms with van der Waals surface area (Å²) in [5, 5.41) is 2.74. The molecule has 1 atom stereocenters. The van der Waals surface area contributed by atoms with E-state index in [0.29, 0.717) is 6.42 Å². The molecule has 17 heavy (non-hydrogen) atoms. The first kappa shape index (κ1) is 13.5. The second kappa shape index (κ2) is 6.27. The minimum atomic E-state index is -0.478. The Bertz CT molecular complexity index is 453. The number of halogens is 2. The molecule has 0 bridgehead atoms. The summed E-state index contributed by atoms with van der Waals surface area (Å²) in [5.74, 6) is 1.62. The number of amides is 1. The van der Waals surface area contributed by atoms with Crippen LogP contribution >= 0.6 is 11.6 Å². The van der Waals surface area contributed by atoms with Gasteiger partial charge in [0.1, 0.15) is 5.82 Å². The molecule has 0 spiro atoms. The van der Waals surface area contributed by atoms with Crippen molar-refractivity contribution in [3.63, 3.8) is 0 Å². The molecule has 1 amide bonds. The Hall–Kier alpha value is -1.53. The van der Waals surface area contributed by atoms with Crippen molar-refractivity contribution >= 4 is 17.5 Å². The van der Waals surface area contributed by atoms with Gasteiger partial charge in [0.2, 0.25) is 0 Å². The summed E-state index contributed by atoms with van der Waals surface area (Å²) in [6.07, 6.45) is 6.85. The van der Waals surface area contributed by atoms with E-state index in [2.05, 4.69) is 11.2 Å². The fourth-order valence-corrected chi connectivity index (χ4v) is 1.65. The lowest BCUT2D eigenvalue weighted by Crippen LogP contribution is -2.33. The molecule has 1 aromatic rings. The van der Waals surface area contributed by atoms with E-state index in [0.717, 1.165) is 12.5 Å². The summed E-state index contributed by atoms with van der Waals surface area (Å²) >= 11 is 5.78. The van der Waals surface area contributed by atoms with Gasteiger partial charge in [-0.05, 0) is 24.6 Å². The van der Waals surface area contributed by atoms with Crippen LogP contribution in [0.5, 0.6) is 0 Å². The van der Waals surface area contributed by atoms with Crippen LogP contribution in [0, 0.1) is 18.2 Å². The maximum absolute atomic E-state index is 12.8. The molecule has 1 unspecified atom stereocenters. The van der Waals surface area contributed by atoms with Crippen molar-refractivity contribution in [3.05, 3.63) is 34.6 Å². The lowest BCUT2D eigenvalue weighted by Gasteiger charge is -2.12. The van der Waals surface area contributed by atoms with Gasteiger partial charge in [-0.1, -0.05) is 30.9 Å². The van der Waals surface area contributed by atoms with Gasteiger partial charge < -0.3 is 5.32 Å². The van der Waals surface area contributed by atoms with E-state index in [1.807, 2.05) is 6.92 Å². The van der Waals surface area contributed by atoms with Crippen molar-refractivity contribution in [2.24, 2.45) is 0 Å². The van der Waals surface area contributed by atoms with Gasteiger partial charge in [-0.25, -0.2) is 4.39 Å². The third-order valence-corrected chi connectivity index (χ3v) is 2.57. The van der Waals surface area contributed by atoms with Crippen LogP contribution < -0.4 is 5.32 Å². The maximum Gasteiger partial charge on any atom is 0.253 e. The Kier molecular flexibility index (Phi) is 4.99. The van der Waals surface area contributed by atoms with Gasteiger partial charge in [0.25, 0.3) is 5.91 Å². The lowest BCUT2D eigenvalue weighted by molar-refractivity contribution is 0.0944. The van der Waals surface area contributed by atoms with Crippen molar-refractivity contribution in [2.75, 3.05) is 0 Å². The molecule has 0 aliphatic heterocycles. The molecule has 0 aliphatic carbocycles. The Labute approximate surface area is 105 Å². The summed E-state index contributed by atoms with van der Waals surface area (Å²) < 4.78 is 12.8. The molecule has 0 radical (unpaired) electrons. The Balaban J connectivity index is 2.79. The largest absolute Gasteiger partial charge is 0.338 e. The number of rotatable bonds is 4. The minimum Gasteiger partial charge on any atom is -0.338 e. The Morgan fingerprint density at radius 2 is 2.35 bits per heavy atom. The number of carbonyl (C=O) groups excluding carboxylic acids is 1. The zero-order valence-corrected chi connectivity index (χ0v) is 10.2. The smallest absolute Gasteiger partial charge is 0.253 e. The third-order valence-electron chi connectivity index (χ3n) is 2.26. The lowest BCUT2D eigenvalue weighted by atomic mass is 10.1. The minimum absolute atomic E-state index is 0.0785. The molecule has 0 aliphatic rings. The van der Waals surface area contributed by atoms with Crippen LogP contribution in [-0.4, -0.2) is 11.9 Å². The van der Waals surface area contributed by atoms with E-state index in [9.17, 15) is 9.18 Å². The molecule has 90 valence electrons. The van der Waals surface area contributed by atoms with E-state index in [4.69, 9.17) is 18.0 Å². The van der Waals surface area contributed by atoms with Gasteiger partial charge >= 0.3 is 0 Å². The van der Waals surface area contributed by atoms with Gasteiger partial charge in [-0.15, -0.1) is 6.42 Å². The van der Waals surface area contributed by atoms with Gasteiger partial charge in [0.05, 0.1) is 16.6 Å². The molecule has 0 fully saturated rings. The van der Waals surface area contributed by atoms with Gasteiger partial charge in [0, 0.05) is 0 Å². The third kappa shape index (κ3) is 3.76. The first-order valence-corrected chi connectivity index (χ1v) is 5.68. The topological polar surface area (TPSA) is 29.1 Å². The zero-order valence-electron chi connectivity index (χ0n) is 9.47. The van der Waals surface area contributed by atoms with Crippen LogP contribution in [0.2, 0.25) is 5.02 Å². The highest BCUT2D eigenvalue weighted by Crippen LogP contribution is 2.17. The van der Waals surface area contributed by atoms with Crippen molar-refractivity contribution in [2.45, 2.75) is 25.8 Å². The first-order valence-electron chi connectivity index (χ1n) is 5.30. The molecular formula is C13H13ClFNO.